The summed E-state index contributed by atoms with van der Waals surface area (Å²) in [5.41, 5.74) is 5.80. The predicted molar refractivity (Wildman–Crippen MR) is 101 cm³/mol. The molecule has 0 saturated heterocycles. The van der Waals surface area contributed by atoms with Crippen molar-refractivity contribution in [2.45, 2.75) is 12.5 Å². The molecule has 29 heavy (non-hydrogen) atoms. The Morgan fingerprint density at radius 3 is 2.97 bits per heavy atom. The highest BCUT2D eigenvalue weighted by Gasteiger charge is 2.47. The van der Waals surface area contributed by atoms with Crippen molar-refractivity contribution in [3.05, 3.63) is 71.2 Å². The van der Waals surface area contributed by atoms with Crippen LogP contribution in [-0.2, 0) is 15.0 Å². The van der Waals surface area contributed by atoms with Crippen molar-refractivity contribution in [3.63, 3.8) is 0 Å². The molecule has 1 aromatic carbocycles. The van der Waals surface area contributed by atoms with Gasteiger partial charge in [0.25, 0.3) is 11.9 Å². The van der Waals surface area contributed by atoms with E-state index in [-0.39, 0.29) is 29.8 Å². The molecule has 0 radical (unpaired) electrons. The van der Waals surface area contributed by atoms with Gasteiger partial charge in [-0.3, -0.25) is 4.79 Å². The number of nitrogens with zero attached hydrogens (tertiary/aromatic N) is 3. The highest BCUT2D eigenvalue weighted by Crippen LogP contribution is 2.45. The SMILES string of the molecule is C[C@]1(c2cc(NC(=O)c3ccc(C#N)cn3)ccc2F)N=C(N)OC2=COCC21. The van der Waals surface area contributed by atoms with E-state index < -0.39 is 17.3 Å². The monoisotopic (exact) mass is 393 g/mol. The number of aromatic nitrogens is 1. The molecule has 3 N–H and O–H groups in total. The van der Waals surface area contributed by atoms with Gasteiger partial charge in [0.2, 0.25) is 0 Å². The standard InChI is InChI=1S/C20H16FN5O3/c1-20(14-9-28-10-17(14)29-19(23)26-20)13-6-12(3-4-15(13)21)25-18(27)16-5-2-11(7-22)8-24-16/h2-6,8,10,14H,9H2,1H3,(H2,23,26)(H,25,27)/t14?,20-/m1/s1. The van der Waals surface area contributed by atoms with Gasteiger partial charge in [-0.05, 0) is 37.3 Å². The molecule has 0 spiro atoms. The number of carbonyl (C=O) groups excluding carboxylic acids is 1. The molecule has 146 valence electrons. The summed E-state index contributed by atoms with van der Waals surface area (Å²) in [6, 6.07) is 8.99. The molecule has 8 nitrogen and oxygen atoms in total. The number of anilines is 1. The zero-order valence-corrected chi connectivity index (χ0v) is 15.3. The van der Waals surface area contributed by atoms with E-state index in [4.69, 9.17) is 20.5 Å². The molecule has 2 aromatic rings. The number of halogens is 1. The van der Waals surface area contributed by atoms with Crippen molar-refractivity contribution < 1.29 is 18.7 Å². The fourth-order valence-electron chi connectivity index (χ4n) is 3.40. The first-order valence-electron chi connectivity index (χ1n) is 8.73. The number of hydrogen-bond acceptors (Lipinski definition) is 7. The average Bonchev–Trinajstić information content (AvgIpc) is 3.18. The smallest absolute Gasteiger partial charge is 0.288 e. The Bertz CT molecular complexity index is 1090. The quantitative estimate of drug-likeness (QED) is 0.825. The molecule has 9 heteroatoms. The molecule has 0 saturated carbocycles. The molecule has 2 aliphatic rings. The Kier molecular flexibility index (Phi) is 4.39. The number of aliphatic imine (C=N–C) groups is 1. The molecule has 1 amide bonds. The van der Waals surface area contributed by atoms with Crippen LogP contribution < -0.4 is 11.1 Å². The van der Waals surface area contributed by atoms with Crippen molar-refractivity contribution in [1.29, 1.82) is 5.26 Å². The minimum Gasteiger partial charge on any atom is -0.497 e. The highest BCUT2D eigenvalue weighted by molar-refractivity contribution is 6.02. The number of benzene rings is 1. The number of ether oxygens (including phenoxy) is 2. The van der Waals surface area contributed by atoms with Gasteiger partial charge in [0, 0.05) is 17.4 Å². The lowest BCUT2D eigenvalue weighted by atomic mass is 9.79. The van der Waals surface area contributed by atoms with Gasteiger partial charge in [0.1, 0.15) is 36.0 Å². The van der Waals surface area contributed by atoms with Crippen LogP contribution in [0.3, 0.4) is 0 Å². The van der Waals surface area contributed by atoms with Crippen molar-refractivity contribution in [3.8, 4) is 6.07 Å². The van der Waals surface area contributed by atoms with E-state index in [0.29, 0.717) is 17.0 Å². The van der Waals surface area contributed by atoms with Gasteiger partial charge in [-0.15, -0.1) is 0 Å². The number of rotatable bonds is 3. The molecule has 0 aliphatic carbocycles. The van der Waals surface area contributed by atoms with E-state index in [0.717, 1.165) is 0 Å². The molecule has 0 fully saturated rings. The Balaban J connectivity index is 1.66. The van der Waals surface area contributed by atoms with E-state index in [9.17, 15) is 9.18 Å². The number of pyridine rings is 1. The zero-order chi connectivity index (χ0) is 20.6. The van der Waals surface area contributed by atoms with Gasteiger partial charge < -0.3 is 20.5 Å². The fourth-order valence-corrected chi connectivity index (χ4v) is 3.40. The van der Waals surface area contributed by atoms with E-state index in [2.05, 4.69) is 15.3 Å². The van der Waals surface area contributed by atoms with Gasteiger partial charge in [0.05, 0.1) is 11.5 Å². The lowest BCUT2D eigenvalue weighted by Gasteiger charge is -2.36. The molecule has 4 rings (SSSR count). The van der Waals surface area contributed by atoms with Crippen LogP contribution in [0.25, 0.3) is 0 Å². The van der Waals surface area contributed by atoms with Crippen LogP contribution in [0.1, 0.15) is 28.5 Å². The second-order valence-electron chi connectivity index (χ2n) is 6.80. The van der Waals surface area contributed by atoms with Gasteiger partial charge in [0.15, 0.2) is 5.76 Å². The summed E-state index contributed by atoms with van der Waals surface area (Å²) in [4.78, 5) is 20.7. The second kappa shape index (κ2) is 6.91. The second-order valence-corrected chi connectivity index (χ2v) is 6.80. The van der Waals surface area contributed by atoms with Gasteiger partial charge in [-0.1, -0.05) is 0 Å². The first-order valence-corrected chi connectivity index (χ1v) is 8.73. The Hall–Kier alpha value is -3.93. The molecule has 0 bridgehead atoms. The molecular weight excluding hydrogens is 377 g/mol. The maximum atomic E-state index is 14.8. The summed E-state index contributed by atoms with van der Waals surface area (Å²) in [5, 5.41) is 11.5. The lowest BCUT2D eigenvalue weighted by Crippen LogP contribution is -2.41. The van der Waals surface area contributed by atoms with Crippen LogP contribution in [0, 0.1) is 23.1 Å². The van der Waals surface area contributed by atoms with E-state index in [1.54, 1.807) is 6.92 Å². The topological polar surface area (TPSA) is 123 Å². The van der Waals surface area contributed by atoms with E-state index >= 15 is 0 Å². The summed E-state index contributed by atoms with van der Waals surface area (Å²) in [5.74, 6) is -0.852. The summed E-state index contributed by atoms with van der Waals surface area (Å²) in [6.07, 6.45) is 2.75. The number of nitrogens with one attached hydrogen (secondary N) is 1. The van der Waals surface area contributed by atoms with Crippen LogP contribution in [-0.4, -0.2) is 23.5 Å². The lowest BCUT2D eigenvalue weighted by molar-refractivity contribution is 0.102. The van der Waals surface area contributed by atoms with Crippen molar-refractivity contribution in [1.82, 2.24) is 4.98 Å². The van der Waals surface area contributed by atoms with Crippen LogP contribution in [0.2, 0.25) is 0 Å². The normalized spacial score (nSPS) is 22.3. The molecular formula is C20H16FN5O3. The fraction of sp³-hybridized carbons (Fsp3) is 0.200. The van der Waals surface area contributed by atoms with E-state index in [1.807, 2.05) is 6.07 Å². The number of fused-ring (bicyclic) bond motifs is 1. The molecule has 2 atom stereocenters. The number of carbonyl (C=O) groups is 1. The summed E-state index contributed by atoms with van der Waals surface area (Å²) < 4.78 is 25.5. The third-order valence-electron chi connectivity index (χ3n) is 4.94. The maximum Gasteiger partial charge on any atom is 0.288 e. The molecule has 1 aromatic heterocycles. The van der Waals surface area contributed by atoms with Crippen molar-refractivity contribution in [2.75, 3.05) is 11.9 Å². The largest absolute Gasteiger partial charge is 0.497 e. The average molecular weight is 393 g/mol. The Morgan fingerprint density at radius 2 is 2.24 bits per heavy atom. The first-order chi connectivity index (χ1) is 13.9. The van der Waals surface area contributed by atoms with Gasteiger partial charge in [-0.25, -0.2) is 14.4 Å². The zero-order valence-electron chi connectivity index (χ0n) is 15.3. The van der Waals surface area contributed by atoms with Crippen LogP contribution >= 0.6 is 0 Å². The minimum absolute atomic E-state index is 0.0869. The summed E-state index contributed by atoms with van der Waals surface area (Å²) in [7, 11) is 0. The Labute approximate surface area is 165 Å². The van der Waals surface area contributed by atoms with Crippen molar-refractivity contribution >= 4 is 17.6 Å². The molecule has 2 aliphatic heterocycles. The van der Waals surface area contributed by atoms with Crippen LogP contribution in [0.4, 0.5) is 10.1 Å². The van der Waals surface area contributed by atoms with Gasteiger partial charge in [-0.2, -0.15) is 5.26 Å². The summed E-state index contributed by atoms with van der Waals surface area (Å²) in [6.45, 7) is 2.01. The number of hydrogen-bond donors (Lipinski definition) is 2. The van der Waals surface area contributed by atoms with Crippen LogP contribution in [0.5, 0.6) is 0 Å². The van der Waals surface area contributed by atoms with Gasteiger partial charge >= 0.3 is 0 Å². The number of nitrogens with two attached hydrogens (primary N) is 1. The number of amides is 1. The number of nitriles is 1. The van der Waals surface area contributed by atoms with E-state index in [1.165, 1.54) is 42.8 Å². The Morgan fingerprint density at radius 1 is 1.41 bits per heavy atom. The highest BCUT2D eigenvalue weighted by atomic mass is 19.1. The summed E-state index contributed by atoms with van der Waals surface area (Å²) >= 11 is 0. The first kappa shape index (κ1) is 18.4. The third kappa shape index (κ3) is 3.25. The number of amidine groups is 1. The predicted octanol–water partition coefficient (Wildman–Crippen LogP) is 2.39. The van der Waals surface area contributed by atoms with Crippen LogP contribution in [0.15, 0.2) is 53.5 Å². The maximum absolute atomic E-state index is 14.8. The third-order valence-corrected chi connectivity index (χ3v) is 4.94. The molecule has 3 heterocycles. The molecule has 1 unspecified atom stereocenters. The minimum atomic E-state index is -1.07. The van der Waals surface area contributed by atoms with Crippen molar-refractivity contribution in [2.24, 2.45) is 16.6 Å².